The van der Waals surface area contributed by atoms with E-state index in [4.69, 9.17) is 9.47 Å². The number of hydrogen-bond acceptors (Lipinski definition) is 7. The number of aromatic nitrogens is 2. The Morgan fingerprint density at radius 3 is 2.41 bits per heavy atom. The Morgan fingerprint density at radius 2 is 1.72 bits per heavy atom. The second-order valence-electron chi connectivity index (χ2n) is 7.73. The number of fused-ring (bicyclic) bond motifs is 1. The van der Waals surface area contributed by atoms with Gasteiger partial charge in [0, 0.05) is 32.8 Å². The Bertz CT molecular complexity index is 1100. The first-order valence-corrected chi connectivity index (χ1v) is 9.39. The normalized spacial score (nSPS) is 18.2. The lowest BCUT2D eigenvalue weighted by Gasteiger charge is -2.18. The highest BCUT2D eigenvalue weighted by Gasteiger charge is 2.38. The van der Waals surface area contributed by atoms with Crippen LogP contribution in [0.2, 0.25) is 0 Å². The van der Waals surface area contributed by atoms with E-state index in [9.17, 15) is 19.2 Å². The van der Waals surface area contributed by atoms with E-state index in [1.807, 2.05) is 0 Å². The van der Waals surface area contributed by atoms with Gasteiger partial charge in [-0.25, -0.2) is 0 Å². The minimum atomic E-state index is -1.40. The van der Waals surface area contributed by atoms with Gasteiger partial charge in [0.2, 0.25) is 5.79 Å². The van der Waals surface area contributed by atoms with Crippen molar-refractivity contribution in [2.45, 2.75) is 45.8 Å². The van der Waals surface area contributed by atoms with Gasteiger partial charge in [0.1, 0.15) is 5.92 Å². The van der Waals surface area contributed by atoms with Crippen LogP contribution in [0.4, 0.5) is 0 Å². The molecular formula is C21H20N2O6. The molecule has 0 bridgehead atoms. The number of aryl methyl sites for hydroxylation is 1. The molecule has 1 fully saturated rings. The van der Waals surface area contributed by atoms with Crippen molar-refractivity contribution >= 4 is 17.3 Å². The molecule has 0 amide bonds. The molecule has 8 nitrogen and oxygen atoms in total. The molecule has 4 rings (SSSR count). The topological polar surface area (TPSA) is 105 Å². The van der Waals surface area contributed by atoms with E-state index >= 15 is 0 Å². The van der Waals surface area contributed by atoms with Crippen LogP contribution in [0.3, 0.4) is 0 Å². The van der Waals surface area contributed by atoms with Crippen LogP contribution in [0.5, 0.6) is 11.5 Å². The molecule has 150 valence electrons. The highest BCUT2D eigenvalue weighted by molar-refractivity contribution is 6.25. The highest BCUT2D eigenvalue weighted by atomic mass is 16.7. The van der Waals surface area contributed by atoms with Gasteiger partial charge < -0.3 is 9.47 Å². The van der Waals surface area contributed by atoms with E-state index in [2.05, 4.69) is 5.10 Å². The molecule has 8 heteroatoms. The number of hydrogen-bond donors (Lipinski definition) is 0. The third-order valence-electron chi connectivity index (χ3n) is 4.94. The second-order valence-corrected chi connectivity index (χ2v) is 7.73. The van der Waals surface area contributed by atoms with E-state index in [1.54, 1.807) is 39.0 Å². The Balaban J connectivity index is 1.77. The number of benzene rings is 1. The van der Waals surface area contributed by atoms with Crippen molar-refractivity contribution in [2.75, 3.05) is 0 Å². The molecule has 29 heavy (non-hydrogen) atoms. The molecule has 2 aliphatic rings. The maximum Gasteiger partial charge on any atom is 0.282 e. The molecule has 1 aromatic carbocycles. The molecule has 0 radical (unpaired) electrons. The summed E-state index contributed by atoms with van der Waals surface area (Å²) in [4.78, 5) is 50.3. The number of nitrogens with zero attached hydrogens (tertiary/aromatic N) is 2. The molecule has 0 atom stereocenters. The van der Waals surface area contributed by atoms with Gasteiger partial charge in [-0.05, 0) is 31.5 Å². The fraction of sp³-hybridized carbons (Fsp3) is 0.381. The van der Waals surface area contributed by atoms with E-state index in [0.29, 0.717) is 29.3 Å². The molecular weight excluding hydrogens is 376 g/mol. The average molecular weight is 396 g/mol. The summed E-state index contributed by atoms with van der Waals surface area (Å²) in [6.07, 6.45) is 0.769. The third-order valence-corrected chi connectivity index (χ3v) is 4.94. The standard InChI is InChI=1S/C21H20N2O6/c1-11-9-13(19(26)18-14(24)5-4-6-15(18)25)20(27)23(22-11)12-7-8-16-17(10-12)29-21(2,3)28-16/h7-10,18H,4-6H2,1-3H3. The van der Waals surface area contributed by atoms with Crippen molar-refractivity contribution < 1.29 is 23.9 Å². The first-order valence-electron chi connectivity index (χ1n) is 9.39. The summed E-state index contributed by atoms with van der Waals surface area (Å²) < 4.78 is 12.4. The number of Topliss-reactive ketones (excluding diaryl/α,β-unsaturated/α-hetero) is 3. The number of rotatable bonds is 3. The molecule has 1 saturated carbocycles. The van der Waals surface area contributed by atoms with Gasteiger partial charge in [-0.2, -0.15) is 9.78 Å². The first-order chi connectivity index (χ1) is 13.7. The van der Waals surface area contributed by atoms with Gasteiger partial charge in [0.15, 0.2) is 28.8 Å². The Morgan fingerprint density at radius 1 is 1.07 bits per heavy atom. The first kappa shape index (κ1) is 19.0. The van der Waals surface area contributed by atoms with Crippen molar-refractivity contribution in [1.82, 2.24) is 9.78 Å². The summed E-state index contributed by atoms with van der Waals surface area (Å²) in [5.41, 5.74) is -0.121. The zero-order valence-electron chi connectivity index (χ0n) is 16.4. The van der Waals surface area contributed by atoms with Crippen LogP contribution < -0.4 is 15.0 Å². The van der Waals surface area contributed by atoms with E-state index in [0.717, 1.165) is 4.68 Å². The van der Waals surface area contributed by atoms with Crippen LogP contribution in [0.15, 0.2) is 29.1 Å². The third kappa shape index (κ3) is 3.35. The molecule has 1 aliphatic heterocycles. The Hall–Kier alpha value is -3.29. The van der Waals surface area contributed by atoms with Crippen LogP contribution in [0.25, 0.3) is 5.69 Å². The predicted molar refractivity (Wildman–Crippen MR) is 102 cm³/mol. The lowest BCUT2D eigenvalue weighted by molar-refractivity contribution is -0.133. The van der Waals surface area contributed by atoms with Gasteiger partial charge in [-0.1, -0.05) is 0 Å². The van der Waals surface area contributed by atoms with Crippen molar-refractivity contribution in [2.24, 2.45) is 5.92 Å². The molecule has 0 saturated heterocycles. The molecule has 0 unspecified atom stereocenters. The average Bonchev–Trinajstić information content (AvgIpc) is 2.95. The molecule has 2 aromatic rings. The van der Waals surface area contributed by atoms with Gasteiger partial charge >= 0.3 is 0 Å². The van der Waals surface area contributed by atoms with Crippen LogP contribution in [-0.2, 0) is 9.59 Å². The Kier molecular flexibility index (Phi) is 4.37. The van der Waals surface area contributed by atoms with Crippen molar-refractivity contribution in [3.63, 3.8) is 0 Å². The summed E-state index contributed by atoms with van der Waals surface area (Å²) in [5.74, 6) is -2.86. The van der Waals surface area contributed by atoms with Gasteiger partial charge in [-0.3, -0.25) is 19.2 Å². The van der Waals surface area contributed by atoms with Crippen molar-refractivity contribution in [3.05, 3.63) is 45.9 Å². The minimum absolute atomic E-state index is 0.165. The summed E-state index contributed by atoms with van der Waals surface area (Å²) in [7, 11) is 0. The number of carbonyl (C=O) groups is 3. The van der Waals surface area contributed by atoms with Crippen LogP contribution in [0, 0.1) is 12.8 Å². The quantitative estimate of drug-likeness (QED) is 0.578. The zero-order valence-corrected chi connectivity index (χ0v) is 16.4. The van der Waals surface area contributed by atoms with Crippen LogP contribution in [0.1, 0.15) is 49.2 Å². The summed E-state index contributed by atoms with van der Waals surface area (Å²) in [5, 5.41) is 4.22. The highest BCUT2D eigenvalue weighted by Crippen LogP contribution is 2.40. The van der Waals surface area contributed by atoms with E-state index in [-0.39, 0.29) is 18.4 Å². The van der Waals surface area contributed by atoms with Crippen LogP contribution in [-0.4, -0.2) is 32.9 Å². The lowest BCUT2D eigenvalue weighted by Crippen LogP contribution is -2.39. The van der Waals surface area contributed by atoms with Crippen LogP contribution >= 0.6 is 0 Å². The van der Waals surface area contributed by atoms with Crippen molar-refractivity contribution in [1.29, 1.82) is 0 Å². The summed E-state index contributed by atoms with van der Waals surface area (Å²) >= 11 is 0. The minimum Gasteiger partial charge on any atom is -0.449 e. The fourth-order valence-electron chi connectivity index (χ4n) is 3.66. The number of ether oxygens (including phenoxy) is 2. The predicted octanol–water partition coefficient (Wildman–Crippen LogP) is 2.17. The summed E-state index contributed by atoms with van der Waals surface area (Å²) in [6, 6.07) is 6.21. The fourth-order valence-corrected chi connectivity index (χ4v) is 3.66. The summed E-state index contributed by atoms with van der Waals surface area (Å²) in [6.45, 7) is 5.16. The van der Waals surface area contributed by atoms with Gasteiger partial charge in [0.25, 0.3) is 5.56 Å². The maximum absolute atomic E-state index is 13.0. The number of ketones is 3. The molecule has 0 spiro atoms. The van der Waals surface area contributed by atoms with E-state index < -0.39 is 34.6 Å². The van der Waals surface area contributed by atoms with E-state index in [1.165, 1.54) is 6.07 Å². The number of carbonyl (C=O) groups excluding carboxylic acids is 3. The Labute approximate surface area is 166 Å². The molecule has 0 N–H and O–H groups in total. The zero-order chi connectivity index (χ0) is 20.9. The molecule has 2 heterocycles. The van der Waals surface area contributed by atoms with Gasteiger partial charge in [0.05, 0.1) is 16.9 Å². The maximum atomic E-state index is 13.0. The smallest absolute Gasteiger partial charge is 0.282 e. The lowest BCUT2D eigenvalue weighted by atomic mass is 9.82. The van der Waals surface area contributed by atoms with Crippen molar-refractivity contribution in [3.8, 4) is 17.2 Å². The molecule has 1 aromatic heterocycles. The van der Waals surface area contributed by atoms with Gasteiger partial charge in [-0.15, -0.1) is 0 Å². The monoisotopic (exact) mass is 396 g/mol. The molecule has 1 aliphatic carbocycles. The largest absolute Gasteiger partial charge is 0.449 e. The SMILES string of the molecule is Cc1cc(C(=O)C2C(=O)CCCC2=O)c(=O)n(-c2ccc3c(c2)OC(C)(C)O3)n1. The second kappa shape index (κ2) is 6.65.